The van der Waals surface area contributed by atoms with Gasteiger partial charge in [0.1, 0.15) is 6.23 Å². The molecule has 1 fully saturated rings. The predicted molar refractivity (Wildman–Crippen MR) is 142 cm³/mol. The lowest BCUT2D eigenvalue weighted by Gasteiger charge is -2.38. The summed E-state index contributed by atoms with van der Waals surface area (Å²) in [5.74, 6) is -0.362. The molecule has 1 unspecified atom stereocenters. The van der Waals surface area contributed by atoms with E-state index in [9.17, 15) is 19.8 Å². The number of rotatable bonds is 12. The standard InChI is InChI=1S/C26H38N5O4S/c1-5-20-24(36-16-29-20)18-9-7-17(8-10-18)14-28-25(34)22-13-19(32)15-31(22)26(35)21(6-2)30(4)23(33)11-12-27-3/h7-10,16,19,21-22,26,32,35H,5-6,11-15H2,1-4H3,(H,28,34)/q-1/t19-,21+,22+,26?/m1/s1. The number of aryl methyl sites for hydroxylation is 1. The first kappa shape index (κ1) is 28.2. The summed E-state index contributed by atoms with van der Waals surface area (Å²) in [4.78, 5) is 34.3. The number of β-amino-alcohol motifs (C(OH)–C–C–N with tert-alkyl or cyclic N) is 1. The van der Waals surface area contributed by atoms with Crippen molar-refractivity contribution in [2.24, 2.45) is 0 Å². The van der Waals surface area contributed by atoms with E-state index in [2.05, 4.69) is 22.5 Å². The van der Waals surface area contributed by atoms with Crippen molar-refractivity contribution in [2.75, 3.05) is 27.2 Å². The van der Waals surface area contributed by atoms with Gasteiger partial charge in [-0.3, -0.25) is 14.5 Å². The molecule has 2 heterocycles. The van der Waals surface area contributed by atoms with Gasteiger partial charge in [0, 0.05) is 26.6 Å². The second-order valence-electron chi connectivity index (χ2n) is 9.18. The van der Waals surface area contributed by atoms with E-state index in [4.69, 9.17) is 0 Å². The highest BCUT2D eigenvalue weighted by atomic mass is 32.1. The zero-order valence-electron chi connectivity index (χ0n) is 21.6. The molecule has 1 saturated heterocycles. The monoisotopic (exact) mass is 516 g/mol. The van der Waals surface area contributed by atoms with E-state index in [1.807, 2.05) is 36.7 Å². The lowest BCUT2D eigenvalue weighted by Crippen LogP contribution is -2.56. The van der Waals surface area contributed by atoms with E-state index >= 15 is 0 Å². The second kappa shape index (κ2) is 13.3. The van der Waals surface area contributed by atoms with Crippen molar-refractivity contribution in [1.82, 2.24) is 20.1 Å². The Bertz CT molecular complexity index is 998. The summed E-state index contributed by atoms with van der Waals surface area (Å²) in [5, 5.41) is 28.4. The minimum Gasteiger partial charge on any atom is -0.665 e. The highest BCUT2D eigenvalue weighted by Gasteiger charge is 2.42. The molecular formula is C26H38N5O4S-. The van der Waals surface area contributed by atoms with Crippen LogP contribution in [0.2, 0.25) is 0 Å². The minimum atomic E-state index is -1.07. The molecule has 2 aromatic rings. The van der Waals surface area contributed by atoms with Crippen molar-refractivity contribution in [1.29, 1.82) is 0 Å². The predicted octanol–water partition coefficient (Wildman–Crippen LogP) is 2.37. The number of aliphatic hydroxyl groups excluding tert-OH is 2. The Morgan fingerprint density at radius 2 is 2.03 bits per heavy atom. The Morgan fingerprint density at radius 3 is 2.67 bits per heavy atom. The number of hydrogen-bond donors (Lipinski definition) is 3. The number of benzene rings is 1. The molecule has 1 aromatic heterocycles. The fourth-order valence-corrected chi connectivity index (χ4v) is 5.59. The number of amides is 2. The molecule has 0 aliphatic carbocycles. The Morgan fingerprint density at radius 1 is 1.31 bits per heavy atom. The highest BCUT2D eigenvalue weighted by molar-refractivity contribution is 7.13. The van der Waals surface area contributed by atoms with Crippen molar-refractivity contribution >= 4 is 23.2 Å². The zero-order chi connectivity index (χ0) is 26.2. The van der Waals surface area contributed by atoms with E-state index < -0.39 is 24.4 Å². The molecular weight excluding hydrogens is 478 g/mol. The number of likely N-dealkylation sites (tertiary alicyclic amines) is 1. The van der Waals surface area contributed by atoms with Crippen LogP contribution in [0.1, 0.15) is 44.4 Å². The van der Waals surface area contributed by atoms with Crippen LogP contribution in [0.5, 0.6) is 0 Å². The van der Waals surface area contributed by atoms with Gasteiger partial charge in [0.25, 0.3) is 0 Å². The number of nitrogens with one attached hydrogen (secondary N) is 1. The number of thiazole rings is 1. The van der Waals surface area contributed by atoms with Crippen LogP contribution < -0.4 is 5.32 Å². The first-order valence-corrected chi connectivity index (χ1v) is 13.4. The number of aliphatic hydroxyl groups is 2. The maximum Gasteiger partial charge on any atom is 0.237 e. The molecule has 0 bridgehead atoms. The number of aromatic nitrogens is 1. The van der Waals surface area contributed by atoms with Crippen LogP contribution >= 0.6 is 11.3 Å². The van der Waals surface area contributed by atoms with Crippen LogP contribution in [0.15, 0.2) is 29.8 Å². The topological polar surface area (TPSA) is 120 Å². The van der Waals surface area contributed by atoms with E-state index in [-0.39, 0.29) is 31.2 Å². The van der Waals surface area contributed by atoms with Crippen molar-refractivity contribution in [2.45, 2.75) is 70.5 Å². The molecule has 0 spiro atoms. The van der Waals surface area contributed by atoms with Gasteiger partial charge in [0.15, 0.2) is 0 Å². The molecule has 3 rings (SSSR count). The molecule has 9 nitrogen and oxygen atoms in total. The Balaban J connectivity index is 1.63. The van der Waals surface area contributed by atoms with Gasteiger partial charge in [-0.05, 0) is 30.4 Å². The van der Waals surface area contributed by atoms with Gasteiger partial charge >= 0.3 is 0 Å². The molecule has 0 saturated carbocycles. The summed E-state index contributed by atoms with van der Waals surface area (Å²) in [6.45, 7) is 4.92. The first-order valence-electron chi connectivity index (χ1n) is 12.5. The van der Waals surface area contributed by atoms with Crippen LogP contribution in [0, 0.1) is 0 Å². The third-order valence-corrected chi connectivity index (χ3v) is 7.74. The maximum atomic E-state index is 13.1. The number of hydrogen-bond acceptors (Lipinski definition) is 7. The van der Waals surface area contributed by atoms with E-state index in [0.717, 1.165) is 28.1 Å². The largest absolute Gasteiger partial charge is 0.665 e. The third-order valence-electron chi connectivity index (χ3n) is 6.82. The number of carbonyl (C=O) groups excluding carboxylic acids is 2. The summed E-state index contributed by atoms with van der Waals surface area (Å²) in [7, 11) is 3.32. The average molecular weight is 517 g/mol. The van der Waals surface area contributed by atoms with Crippen molar-refractivity contribution in [3.8, 4) is 10.4 Å². The molecule has 4 atom stereocenters. The van der Waals surface area contributed by atoms with Crippen molar-refractivity contribution < 1.29 is 19.8 Å². The zero-order valence-corrected chi connectivity index (χ0v) is 22.4. The third kappa shape index (κ3) is 6.68. The van der Waals surface area contributed by atoms with Gasteiger partial charge in [0.05, 0.1) is 34.3 Å². The summed E-state index contributed by atoms with van der Waals surface area (Å²) in [6.07, 6.45) is 0.101. The van der Waals surface area contributed by atoms with Gasteiger partial charge in [0.2, 0.25) is 11.8 Å². The van der Waals surface area contributed by atoms with E-state index in [1.54, 1.807) is 30.3 Å². The summed E-state index contributed by atoms with van der Waals surface area (Å²) in [5.41, 5.74) is 5.00. The molecule has 0 radical (unpaired) electrons. The van der Waals surface area contributed by atoms with Crippen LogP contribution in [0.25, 0.3) is 15.8 Å². The average Bonchev–Trinajstić information content (AvgIpc) is 3.53. The molecule has 1 aliphatic rings. The summed E-state index contributed by atoms with van der Waals surface area (Å²) < 4.78 is 0. The van der Waals surface area contributed by atoms with Gasteiger partial charge in [-0.2, -0.15) is 7.05 Å². The van der Waals surface area contributed by atoms with E-state index in [1.165, 1.54) is 4.90 Å². The van der Waals surface area contributed by atoms with Crippen LogP contribution in [-0.2, 0) is 22.6 Å². The number of nitrogens with zero attached hydrogens (tertiary/aromatic N) is 4. The highest BCUT2D eigenvalue weighted by Crippen LogP contribution is 2.28. The quantitative estimate of drug-likeness (QED) is 0.398. The summed E-state index contributed by atoms with van der Waals surface area (Å²) in [6, 6.07) is 6.87. The summed E-state index contributed by atoms with van der Waals surface area (Å²) >= 11 is 1.62. The van der Waals surface area contributed by atoms with Crippen LogP contribution in [0.3, 0.4) is 0 Å². The lowest BCUT2D eigenvalue weighted by molar-refractivity contribution is -0.142. The van der Waals surface area contributed by atoms with E-state index in [0.29, 0.717) is 19.5 Å². The van der Waals surface area contributed by atoms with Crippen molar-refractivity contribution in [3.63, 3.8) is 0 Å². The van der Waals surface area contributed by atoms with Gasteiger partial charge in [-0.1, -0.05) is 38.1 Å². The molecule has 3 N–H and O–H groups in total. The molecule has 2 amide bonds. The van der Waals surface area contributed by atoms with Gasteiger partial charge in [-0.15, -0.1) is 17.9 Å². The number of carbonyl (C=O) groups is 2. The maximum absolute atomic E-state index is 13.1. The lowest BCUT2D eigenvalue weighted by atomic mass is 10.1. The SMILES string of the molecule is CCc1ncsc1-c1ccc(CNC(=O)[C@@H]2C[C@@H](O)CN2C(O)[C@H](CC)N(C)C(=O)CC[N-]C)cc1. The molecule has 10 heteroatoms. The van der Waals surface area contributed by atoms with Crippen LogP contribution in [0.4, 0.5) is 0 Å². The molecule has 36 heavy (non-hydrogen) atoms. The van der Waals surface area contributed by atoms with Crippen LogP contribution in [-0.4, -0.2) is 88.4 Å². The molecule has 198 valence electrons. The Kier molecular flexibility index (Phi) is 10.4. The molecule has 1 aliphatic heterocycles. The smallest absolute Gasteiger partial charge is 0.237 e. The normalized spacial score (nSPS) is 19.7. The van der Waals surface area contributed by atoms with Gasteiger partial charge < -0.3 is 25.7 Å². The molecule has 1 aromatic carbocycles. The first-order chi connectivity index (χ1) is 17.3. The van der Waals surface area contributed by atoms with Crippen molar-refractivity contribution in [3.05, 3.63) is 46.4 Å². The number of likely N-dealkylation sites (N-methyl/N-ethyl adjacent to an activating group) is 1. The fraction of sp³-hybridized carbons (Fsp3) is 0.577. The fourth-order valence-electron chi connectivity index (χ4n) is 4.70. The van der Waals surface area contributed by atoms with Gasteiger partial charge in [-0.25, -0.2) is 4.98 Å². The Labute approximate surface area is 217 Å². The minimum absolute atomic E-state index is 0.111. The Hall–Kier alpha value is -2.37. The second-order valence-corrected chi connectivity index (χ2v) is 10.0.